The molecule has 0 unspecified atom stereocenters. The Morgan fingerprint density at radius 1 is 1.43 bits per heavy atom. The quantitative estimate of drug-likeness (QED) is 0.770. The number of fused-ring (bicyclic) bond motifs is 1. The van der Waals surface area contributed by atoms with E-state index in [4.69, 9.17) is 21.1 Å². The summed E-state index contributed by atoms with van der Waals surface area (Å²) in [5, 5.41) is 0. The lowest BCUT2D eigenvalue weighted by Gasteiger charge is -1.98. The Hall–Kier alpha value is -0.670. The molecule has 1 aliphatic rings. The van der Waals surface area contributed by atoms with Crippen molar-refractivity contribution in [2.45, 2.75) is 0 Å². The first-order valence-electron chi connectivity index (χ1n) is 4.11. The molecule has 2 nitrogen and oxygen atoms in total. The fraction of sp³-hybridized carbons (Fsp3) is 0.200. The Morgan fingerprint density at radius 2 is 2.21 bits per heavy atom. The second-order valence-corrected chi connectivity index (χ2v) is 4.12. The van der Waals surface area contributed by atoms with Crippen LogP contribution in [0.2, 0.25) is 0 Å². The van der Waals surface area contributed by atoms with Crippen LogP contribution < -0.4 is 9.47 Å². The van der Waals surface area contributed by atoms with Gasteiger partial charge in [0, 0.05) is 4.48 Å². The number of ether oxygens (including phenoxy) is 2. The Morgan fingerprint density at radius 3 is 3.00 bits per heavy atom. The highest BCUT2D eigenvalue weighted by molar-refractivity contribution is 9.11. The van der Waals surface area contributed by atoms with E-state index >= 15 is 0 Å². The number of hydrogen-bond donors (Lipinski definition) is 0. The number of alkyl halides is 1. The molecule has 0 aliphatic carbocycles. The highest BCUT2D eigenvalue weighted by atomic mass is 79.9. The van der Waals surface area contributed by atoms with Crippen molar-refractivity contribution in [3.63, 3.8) is 0 Å². The van der Waals surface area contributed by atoms with Gasteiger partial charge in [0.15, 0.2) is 11.5 Å². The molecule has 74 valence electrons. The molecule has 0 atom stereocenters. The van der Waals surface area contributed by atoms with E-state index in [0.29, 0.717) is 12.7 Å². The summed E-state index contributed by atoms with van der Waals surface area (Å²) in [5.41, 5.74) is 1.04. The van der Waals surface area contributed by atoms with Crippen molar-refractivity contribution < 1.29 is 9.47 Å². The lowest BCUT2D eigenvalue weighted by molar-refractivity contribution is 0.174. The van der Waals surface area contributed by atoms with Crippen LogP contribution in [0.15, 0.2) is 22.7 Å². The number of halogens is 2. The third-order valence-corrected chi connectivity index (χ3v) is 2.97. The summed E-state index contributed by atoms with van der Waals surface area (Å²) < 4.78 is 11.4. The van der Waals surface area contributed by atoms with Crippen LogP contribution in [0.3, 0.4) is 0 Å². The molecule has 0 saturated carbocycles. The first-order chi connectivity index (χ1) is 6.79. The van der Waals surface area contributed by atoms with Crippen molar-refractivity contribution >= 4 is 33.6 Å². The maximum Gasteiger partial charge on any atom is 0.231 e. The average molecular weight is 276 g/mol. The van der Waals surface area contributed by atoms with Gasteiger partial charge < -0.3 is 9.47 Å². The molecule has 0 amide bonds. The molecular weight excluding hydrogens is 267 g/mol. The van der Waals surface area contributed by atoms with E-state index in [1.54, 1.807) is 0 Å². The lowest BCUT2D eigenvalue weighted by atomic mass is 10.2. The Kier molecular flexibility index (Phi) is 2.99. The smallest absolute Gasteiger partial charge is 0.231 e. The van der Waals surface area contributed by atoms with Gasteiger partial charge in [-0.05, 0) is 23.8 Å². The zero-order chi connectivity index (χ0) is 9.97. The molecule has 1 aromatic rings. The molecule has 0 fully saturated rings. The number of hydrogen-bond acceptors (Lipinski definition) is 2. The molecule has 0 saturated heterocycles. The molecule has 1 aliphatic heterocycles. The molecular formula is C10H8BrClO2. The van der Waals surface area contributed by atoms with E-state index in [1.165, 1.54) is 0 Å². The van der Waals surface area contributed by atoms with Crippen LogP contribution in [0.4, 0.5) is 0 Å². The molecule has 1 aromatic carbocycles. The Bertz CT molecular complexity index is 376. The largest absolute Gasteiger partial charge is 0.454 e. The summed E-state index contributed by atoms with van der Waals surface area (Å²) in [5.74, 6) is 2.05. The Balaban J connectivity index is 2.29. The van der Waals surface area contributed by atoms with Gasteiger partial charge in [-0.3, -0.25) is 0 Å². The molecule has 0 N–H and O–H groups in total. The van der Waals surface area contributed by atoms with Crippen molar-refractivity contribution in [1.29, 1.82) is 0 Å². The van der Waals surface area contributed by atoms with Gasteiger partial charge in [0.05, 0.1) is 5.88 Å². The molecule has 14 heavy (non-hydrogen) atoms. The van der Waals surface area contributed by atoms with Gasteiger partial charge in [0.1, 0.15) is 0 Å². The zero-order valence-electron chi connectivity index (χ0n) is 7.30. The summed E-state index contributed by atoms with van der Waals surface area (Å²) in [4.78, 5) is 0. The number of rotatable bonds is 2. The van der Waals surface area contributed by atoms with Crippen molar-refractivity contribution in [3.05, 3.63) is 28.2 Å². The van der Waals surface area contributed by atoms with Crippen LogP contribution in [-0.4, -0.2) is 12.7 Å². The fourth-order valence-electron chi connectivity index (χ4n) is 1.22. The normalized spacial score (nSPS) is 14.6. The van der Waals surface area contributed by atoms with Crippen molar-refractivity contribution in [2.24, 2.45) is 0 Å². The highest BCUT2D eigenvalue weighted by Crippen LogP contribution is 2.33. The topological polar surface area (TPSA) is 18.5 Å². The maximum absolute atomic E-state index is 5.65. The average Bonchev–Trinajstić information content (AvgIpc) is 2.64. The number of benzene rings is 1. The van der Waals surface area contributed by atoms with Crippen LogP contribution in [0.5, 0.6) is 11.5 Å². The molecule has 0 bridgehead atoms. The third kappa shape index (κ3) is 2.04. The van der Waals surface area contributed by atoms with Gasteiger partial charge in [-0.15, -0.1) is 11.6 Å². The van der Waals surface area contributed by atoms with E-state index in [-0.39, 0.29) is 0 Å². The van der Waals surface area contributed by atoms with E-state index in [0.717, 1.165) is 21.5 Å². The van der Waals surface area contributed by atoms with E-state index in [9.17, 15) is 0 Å². The van der Waals surface area contributed by atoms with Crippen LogP contribution in [0, 0.1) is 0 Å². The standard InChI is InChI=1S/C10H8BrClO2/c11-8(5-12)3-7-1-2-9-10(4-7)14-6-13-9/h1-4H,5-6H2/b8-3-. The molecule has 0 aromatic heterocycles. The molecule has 2 rings (SSSR count). The minimum absolute atomic E-state index is 0.305. The summed E-state index contributed by atoms with van der Waals surface area (Å²) in [6.45, 7) is 0.305. The van der Waals surface area contributed by atoms with Gasteiger partial charge in [0.2, 0.25) is 6.79 Å². The Labute approximate surface area is 95.6 Å². The van der Waals surface area contributed by atoms with Crippen molar-refractivity contribution in [3.8, 4) is 11.5 Å². The lowest BCUT2D eigenvalue weighted by Crippen LogP contribution is -1.92. The highest BCUT2D eigenvalue weighted by Gasteiger charge is 2.12. The second-order valence-electron chi connectivity index (χ2n) is 2.84. The van der Waals surface area contributed by atoms with Gasteiger partial charge >= 0.3 is 0 Å². The minimum Gasteiger partial charge on any atom is -0.454 e. The molecule has 1 heterocycles. The summed E-state index contributed by atoms with van der Waals surface area (Å²) in [6, 6.07) is 5.78. The van der Waals surface area contributed by atoms with E-state index in [1.807, 2.05) is 24.3 Å². The van der Waals surface area contributed by atoms with Gasteiger partial charge in [0.25, 0.3) is 0 Å². The predicted molar refractivity (Wildman–Crippen MR) is 60.2 cm³/mol. The molecule has 4 heteroatoms. The maximum atomic E-state index is 5.65. The summed E-state index contributed by atoms with van der Waals surface area (Å²) >= 11 is 9.00. The van der Waals surface area contributed by atoms with Gasteiger partial charge in [-0.1, -0.05) is 22.0 Å². The fourth-order valence-corrected chi connectivity index (χ4v) is 1.56. The van der Waals surface area contributed by atoms with E-state index < -0.39 is 0 Å². The van der Waals surface area contributed by atoms with Crippen molar-refractivity contribution in [1.82, 2.24) is 0 Å². The predicted octanol–water partition coefficient (Wildman–Crippen LogP) is 3.39. The van der Waals surface area contributed by atoms with Crippen LogP contribution in [0.1, 0.15) is 5.56 Å². The number of allylic oxidation sites excluding steroid dienone is 1. The molecule has 0 spiro atoms. The third-order valence-electron chi connectivity index (χ3n) is 1.85. The van der Waals surface area contributed by atoms with Crippen LogP contribution in [-0.2, 0) is 0 Å². The van der Waals surface area contributed by atoms with Crippen LogP contribution >= 0.6 is 27.5 Å². The van der Waals surface area contributed by atoms with Crippen LogP contribution in [0.25, 0.3) is 6.08 Å². The first kappa shape index (κ1) is 9.87. The minimum atomic E-state index is 0.305. The van der Waals surface area contributed by atoms with Gasteiger partial charge in [-0.2, -0.15) is 0 Å². The first-order valence-corrected chi connectivity index (χ1v) is 5.44. The second kappa shape index (κ2) is 4.24. The van der Waals surface area contributed by atoms with Gasteiger partial charge in [-0.25, -0.2) is 0 Å². The summed E-state index contributed by atoms with van der Waals surface area (Å²) in [7, 11) is 0. The van der Waals surface area contributed by atoms with Crippen molar-refractivity contribution in [2.75, 3.05) is 12.7 Å². The monoisotopic (exact) mass is 274 g/mol. The SMILES string of the molecule is ClC/C(Br)=C/c1ccc2c(c1)OCO2. The zero-order valence-corrected chi connectivity index (χ0v) is 9.64. The summed E-state index contributed by atoms with van der Waals surface area (Å²) in [6.07, 6.45) is 1.95. The molecule has 0 radical (unpaired) electrons. The van der Waals surface area contributed by atoms with E-state index in [2.05, 4.69) is 15.9 Å².